The molecule has 36 heavy (non-hydrogen) atoms. The van der Waals surface area contributed by atoms with Crippen LogP contribution in [0.1, 0.15) is 34.1 Å². The highest BCUT2D eigenvalue weighted by Crippen LogP contribution is 2.44. The molecule has 0 aromatic rings. The van der Waals surface area contributed by atoms with E-state index in [0.29, 0.717) is 5.57 Å². The molecular weight excluding hydrogens is 480 g/mol. The number of carbonyl (C=O) groups is 1. The van der Waals surface area contributed by atoms with E-state index in [9.17, 15) is 40.5 Å². The van der Waals surface area contributed by atoms with Crippen molar-refractivity contribution in [3.05, 3.63) is 23.8 Å². The van der Waals surface area contributed by atoms with Crippen molar-refractivity contribution >= 4 is 5.78 Å². The van der Waals surface area contributed by atoms with Crippen molar-refractivity contribution in [3.8, 4) is 0 Å². The third-order valence-corrected chi connectivity index (χ3v) is 7.28. The van der Waals surface area contributed by atoms with Crippen LogP contribution in [0.15, 0.2) is 23.8 Å². The highest BCUT2D eigenvalue weighted by atomic mass is 16.8. The van der Waals surface area contributed by atoms with Crippen molar-refractivity contribution in [3.63, 3.8) is 0 Å². The molecule has 12 nitrogen and oxygen atoms in total. The maximum absolute atomic E-state index is 12.0. The fourth-order valence-electron chi connectivity index (χ4n) is 4.77. The predicted molar refractivity (Wildman–Crippen MR) is 122 cm³/mol. The minimum atomic E-state index is -1.97. The highest BCUT2D eigenvalue weighted by molar-refractivity contribution is 5.92. The fourth-order valence-corrected chi connectivity index (χ4v) is 4.77. The number of rotatable bonds is 8. The van der Waals surface area contributed by atoms with Crippen LogP contribution in [0.25, 0.3) is 0 Å². The molecule has 206 valence electrons. The van der Waals surface area contributed by atoms with Crippen LogP contribution >= 0.6 is 0 Å². The van der Waals surface area contributed by atoms with Gasteiger partial charge in [0, 0.05) is 11.8 Å². The topological polar surface area (TPSA) is 196 Å². The zero-order valence-electron chi connectivity index (χ0n) is 20.9. The lowest BCUT2D eigenvalue weighted by molar-refractivity contribution is -0.339. The third-order valence-electron chi connectivity index (χ3n) is 7.28. The average Bonchev–Trinajstić information content (AvgIpc) is 3.09. The summed E-state index contributed by atoms with van der Waals surface area (Å²) in [5.41, 5.74) is -3.71. The van der Waals surface area contributed by atoms with Crippen molar-refractivity contribution in [1.29, 1.82) is 0 Å². The lowest BCUT2D eigenvalue weighted by atomic mass is 9.64. The molecular formula is C24H38O12. The largest absolute Gasteiger partial charge is 0.394 e. The van der Waals surface area contributed by atoms with E-state index in [1.807, 2.05) is 0 Å². The quantitative estimate of drug-likeness (QED) is 0.173. The Balaban J connectivity index is 1.78. The summed E-state index contributed by atoms with van der Waals surface area (Å²) in [6, 6.07) is 0. The molecule has 3 aliphatic rings. The molecule has 0 aromatic carbocycles. The van der Waals surface area contributed by atoms with Crippen LogP contribution < -0.4 is 0 Å². The zero-order chi connectivity index (χ0) is 27.1. The molecule has 0 aromatic heterocycles. The summed E-state index contributed by atoms with van der Waals surface area (Å²) < 4.78 is 22.3. The number of hydrogen-bond acceptors (Lipinski definition) is 12. The summed E-state index contributed by atoms with van der Waals surface area (Å²) in [6.07, 6.45) is -6.47. The van der Waals surface area contributed by atoms with Gasteiger partial charge in [-0.3, -0.25) is 4.79 Å². The Morgan fingerprint density at radius 3 is 2.39 bits per heavy atom. The SMILES string of the molecule is CC1=CC(=O)CC(C)(C)C1(O)/C=C/C(C)OC1OC(CO)C(O)C(O)C1OC1OCC(O)(CO)C1O. The van der Waals surface area contributed by atoms with E-state index in [-0.39, 0.29) is 12.2 Å². The van der Waals surface area contributed by atoms with Crippen molar-refractivity contribution in [2.45, 2.75) is 94.5 Å². The van der Waals surface area contributed by atoms with Gasteiger partial charge in [0.25, 0.3) is 0 Å². The van der Waals surface area contributed by atoms with Gasteiger partial charge in [0.15, 0.2) is 18.4 Å². The number of ether oxygens (including phenoxy) is 4. The first kappa shape index (κ1) is 29.3. The maximum atomic E-state index is 12.0. The van der Waals surface area contributed by atoms with E-state index in [2.05, 4.69) is 0 Å². The average molecular weight is 519 g/mol. The molecule has 2 fully saturated rings. The first-order chi connectivity index (χ1) is 16.7. The van der Waals surface area contributed by atoms with Gasteiger partial charge in [0.05, 0.1) is 25.9 Å². The molecule has 1 aliphatic carbocycles. The number of aliphatic hydroxyl groups excluding tert-OH is 5. The van der Waals surface area contributed by atoms with Gasteiger partial charge < -0.3 is 54.7 Å². The van der Waals surface area contributed by atoms with Crippen molar-refractivity contribution in [1.82, 2.24) is 0 Å². The molecule has 0 saturated carbocycles. The molecule has 0 radical (unpaired) electrons. The van der Waals surface area contributed by atoms with Gasteiger partial charge >= 0.3 is 0 Å². The van der Waals surface area contributed by atoms with Gasteiger partial charge in [-0.1, -0.05) is 19.9 Å². The Morgan fingerprint density at radius 2 is 1.83 bits per heavy atom. The van der Waals surface area contributed by atoms with Crippen LogP contribution in [-0.2, 0) is 23.7 Å². The third kappa shape index (κ3) is 5.45. The molecule has 7 N–H and O–H groups in total. The Kier molecular flexibility index (Phi) is 8.80. The second-order valence-corrected chi connectivity index (χ2v) is 10.5. The van der Waals surface area contributed by atoms with Crippen molar-refractivity contribution < 1.29 is 59.5 Å². The normalized spacial score (nSPS) is 44.1. The van der Waals surface area contributed by atoms with Crippen molar-refractivity contribution in [2.75, 3.05) is 19.8 Å². The second kappa shape index (κ2) is 10.8. The predicted octanol–water partition coefficient (Wildman–Crippen LogP) is -2.11. The van der Waals surface area contributed by atoms with Gasteiger partial charge in [-0.15, -0.1) is 0 Å². The van der Waals surface area contributed by atoms with E-state index in [1.54, 1.807) is 33.8 Å². The first-order valence-corrected chi connectivity index (χ1v) is 11.9. The lowest BCUT2D eigenvalue weighted by Gasteiger charge is -2.44. The van der Waals surface area contributed by atoms with Crippen LogP contribution in [0.3, 0.4) is 0 Å². The van der Waals surface area contributed by atoms with Gasteiger partial charge in [0.2, 0.25) is 0 Å². The number of carbonyl (C=O) groups excluding carboxylic acids is 1. The van der Waals surface area contributed by atoms with Gasteiger partial charge in [-0.25, -0.2) is 0 Å². The van der Waals surface area contributed by atoms with Gasteiger partial charge in [-0.05, 0) is 31.6 Å². The molecule has 2 saturated heterocycles. The Morgan fingerprint density at radius 1 is 1.17 bits per heavy atom. The van der Waals surface area contributed by atoms with E-state index in [4.69, 9.17) is 18.9 Å². The molecule has 0 spiro atoms. The molecule has 0 amide bonds. The van der Waals surface area contributed by atoms with Crippen LogP contribution in [0, 0.1) is 5.41 Å². The summed E-state index contributed by atoms with van der Waals surface area (Å²) in [4.78, 5) is 12.0. The smallest absolute Gasteiger partial charge is 0.187 e. The second-order valence-electron chi connectivity index (χ2n) is 10.5. The fraction of sp³-hybridized carbons (Fsp3) is 0.792. The zero-order valence-corrected chi connectivity index (χ0v) is 20.9. The van der Waals surface area contributed by atoms with Gasteiger partial charge in [-0.2, -0.15) is 0 Å². The number of aliphatic hydroxyl groups is 7. The summed E-state index contributed by atoms with van der Waals surface area (Å²) in [7, 11) is 0. The Bertz CT molecular complexity index is 858. The molecule has 3 rings (SSSR count). The standard InChI is InChI=1S/C24H38O12/c1-12-7-14(27)8-22(3,4)24(12,32)6-5-13(2)34-20-18(17(29)16(28)15(9-25)35-20)36-21-19(30)23(31,10-26)11-33-21/h5-7,13,15-21,25-26,28-32H,8-11H2,1-4H3/b6-5+. The number of hydrogen-bond donors (Lipinski definition) is 7. The molecule has 0 bridgehead atoms. The summed E-state index contributed by atoms with van der Waals surface area (Å²) in [5.74, 6) is -0.0810. The summed E-state index contributed by atoms with van der Waals surface area (Å²) >= 11 is 0. The minimum absolute atomic E-state index is 0.0810. The number of allylic oxidation sites excluding steroid dienone is 1. The summed E-state index contributed by atoms with van der Waals surface area (Å²) in [6.45, 7) is 4.96. The van der Waals surface area contributed by atoms with Gasteiger partial charge in [0.1, 0.15) is 41.7 Å². The molecule has 10 unspecified atom stereocenters. The molecule has 2 heterocycles. The van der Waals surface area contributed by atoms with Crippen LogP contribution in [-0.4, -0.2) is 122 Å². The number of ketones is 1. The van der Waals surface area contributed by atoms with E-state index in [1.165, 1.54) is 12.2 Å². The van der Waals surface area contributed by atoms with E-state index < -0.39 is 85.6 Å². The summed E-state index contributed by atoms with van der Waals surface area (Å²) in [5, 5.41) is 71.7. The maximum Gasteiger partial charge on any atom is 0.187 e. The van der Waals surface area contributed by atoms with E-state index in [0.717, 1.165) is 0 Å². The highest BCUT2D eigenvalue weighted by Gasteiger charge is 2.53. The van der Waals surface area contributed by atoms with E-state index >= 15 is 0 Å². The minimum Gasteiger partial charge on any atom is -0.394 e. The Hall–Kier alpha value is -1.29. The molecule has 10 atom stereocenters. The lowest BCUT2D eigenvalue weighted by Crippen LogP contribution is -2.62. The van der Waals surface area contributed by atoms with Crippen LogP contribution in [0.5, 0.6) is 0 Å². The van der Waals surface area contributed by atoms with Crippen LogP contribution in [0.2, 0.25) is 0 Å². The van der Waals surface area contributed by atoms with Crippen LogP contribution in [0.4, 0.5) is 0 Å². The monoisotopic (exact) mass is 518 g/mol. The molecule has 2 aliphatic heterocycles. The van der Waals surface area contributed by atoms with Crippen molar-refractivity contribution in [2.24, 2.45) is 5.41 Å². The molecule has 12 heteroatoms. The Labute approximate surface area is 209 Å². The first-order valence-electron chi connectivity index (χ1n) is 11.9.